The van der Waals surface area contributed by atoms with Gasteiger partial charge in [-0.05, 0) is 24.6 Å². The summed E-state index contributed by atoms with van der Waals surface area (Å²) in [7, 11) is -4.27. The number of halogens is 1. The van der Waals surface area contributed by atoms with Crippen LogP contribution in [-0.4, -0.2) is 14.3 Å². The number of para-hydroxylation sites is 1. The molecular formula is C15H12ClNO4S. The van der Waals surface area contributed by atoms with Gasteiger partial charge < -0.3 is 0 Å². The number of nitrogens with zero attached hydrogens (tertiary/aromatic N) is 1. The van der Waals surface area contributed by atoms with Gasteiger partial charge in [0.15, 0.2) is 5.60 Å². The highest BCUT2D eigenvalue weighted by Crippen LogP contribution is 2.41. The van der Waals surface area contributed by atoms with Crippen LogP contribution in [0.3, 0.4) is 0 Å². The van der Waals surface area contributed by atoms with E-state index < -0.39 is 21.8 Å². The van der Waals surface area contributed by atoms with Crippen LogP contribution in [0.5, 0.6) is 0 Å². The smallest absolute Gasteiger partial charge is 0.269 e. The molecule has 5 nitrogen and oxygen atoms in total. The zero-order valence-electron chi connectivity index (χ0n) is 11.6. The van der Waals surface area contributed by atoms with Crippen molar-refractivity contribution in [3.8, 4) is 0 Å². The van der Waals surface area contributed by atoms with E-state index in [4.69, 9.17) is 15.8 Å². The molecule has 1 amide bonds. The van der Waals surface area contributed by atoms with Gasteiger partial charge in [0, 0.05) is 0 Å². The standard InChI is InChI=1S/C15H12ClNO4S/c1-15(11-7-3-2-4-8-11)14(18)17(22(19,20)21-15)13-10-6-5-9-12(13)16/h2-10H,1H3. The second kappa shape index (κ2) is 5.08. The minimum atomic E-state index is -4.27. The first-order valence-corrected chi connectivity index (χ1v) is 8.21. The van der Waals surface area contributed by atoms with Gasteiger partial charge in [0.25, 0.3) is 5.91 Å². The predicted octanol–water partition coefficient (Wildman–Crippen LogP) is 2.86. The van der Waals surface area contributed by atoms with Crippen LogP contribution in [0.1, 0.15) is 12.5 Å². The summed E-state index contributed by atoms with van der Waals surface area (Å²) in [4.78, 5) is 12.8. The number of hydrogen-bond donors (Lipinski definition) is 0. The molecule has 3 rings (SSSR count). The summed E-state index contributed by atoms with van der Waals surface area (Å²) in [5.74, 6) is -0.702. The molecule has 0 saturated carbocycles. The van der Waals surface area contributed by atoms with E-state index in [9.17, 15) is 13.2 Å². The van der Waals surface area contributed by atoms with Gasteiger partial charge in [-0.15, -0.1) is 0 Å². The topological polar surface area (TPSA) is 63.7 Å². The van der Waals surface area contributed by atoms with Gasteiger partial charge in [-0.3, -0.25) is 4.79 Å². The lowest BCUT2D eigenvalue weighted by Crippen LogP contribution is -2.37. The molecule has 0 radical (unpaired) electrons. The van der Waals surface area contributed by atoms with Gasteiger partial charge in [0.05, 0.1) is 10.7 Å². The number of amides is 1. The Hall–Kier alpha value is -1.89. The van der Waals surface area contributed by atoms with Gasteiger partial charge in [-0.2, -0.15) is 12.7 Å². The summed E-state index contributed by atoms with van der Waals surface area (Å²) in [5, 5.41) is 0.153. The van der Waals surface area contributed by atoms with Crippen molar-refractivity contribution < 1.29 is 17.4 Å². The first kappa shape index (κ1) is 15.0. The van der Waals surface area contributed by atoms with Gasteiger partial charge in [0.1, 0.15) is 0 Å². The van der Waals surface area contributed by atoms with E-state index in [2.05, 4.69) is 0 Å². The molecule has 1 heterocycles. The molecule has 0 aliphatic carbocycles. The second-order valence-electron chi connectivity index (χ2n) is 4.96. The summed E-state index contributed by atoms with van der Waals surface area (Å²) in [6.45, 7) is 1.43. The molecule has 0 spiro atoms. The van der Waals surface area contributed by atoms with Gasteiger partial charge >= 0.3 is 10.3 Å². The molecule has 1 unspecified atom stereocenters. The Kier molecular flexibility index (Phi) is 3.47. The van der Waals surface area contributed by atoms with Crippen LogP contribution in [0.25, 0.3) is 0 Å². The van der Waals surface area contributed by atoms with Crippen molar-refractivity contribution in [2.24, 2.45) is 0 Å². The Morgan fingerprint density at radius 1 is 1.05 bits per heavy atom. The lowest BCUT2D eigenvalue weighted by Gasteiger charge is -2.19. The van der Waals surface area contributed by atoms with Crippen LogP contribution >= 0.6 is 11.6 Å². The molecule has 22 heavy (non-hydrogen) atoms. The Morgan fingerprint density at radius 2 is 1.64 bits per heavy atom. The minimum absolute atomic E-state index is 0.0776. The Bertz CT molecular complexity index is 838. The molecule has 2 aromatic rings. The monoisotopic (exact) mass is 337 g/mol. The molecule has 1 atom stereocenters. The maximum Gasteiger partial charge on any atom is 0.370 e. The zero-order valence-corrected chi connectivity index (χ0v) is 13.1. The van der Waals surface area contributed by atoms with E-state index in [1.807, 2.05) is 0 Å². The molecule has 114 valence electrons. The van der Waals surface area contributed by atoms with E-state index >= 15 is 0 Å². The van der Waals surface area contributed by atoms with E-state index in [-0.39, 0.29) is 10.7 Å². The lowest BCUT2D eigenvalue weighted by atomic mass is 9.95. The third-order valence-corrected chi connectivity index (χ3v) is 5.16. The number of anilines is 1. The molecule has 2 aromatic carbocycles. The highest BCUT2D eigenvalue weighted by Gasteiger charge is 2.55. The van der Waals surface area contributed by atoms with Crippen LogP contribution in [0, 0.1) is 0 Å². The fraction of sp³-hybridized carbons (Fsp3) is 0.133. The van der Waals surface area contributed by atoms with Crippen LogP contribution in [-0.2, 0) is 24.9 Å². The molecule has 7 heteroatoms. The quantitative estimate of drug-likeness (QED) is 0.845. The van der Waals surface area contributed by atoms with Crippen LogP contribution in [0.15, 0.2) is 54.6 Å². The summed E-state index contributed by atoms with van der Waals surface area (Å²) in [6, 6.07) is 14.7. The maximum absolute atomic E-state index is 12.8. The van der Waals surface area contributed by atoms with Crippen molar-refractivity contribution in [2.45, 2.75) is 12.5 Å². The van der Waals surface area contributed by atoms with Crippen molar-refractivity contribution in [1.82, 2.24) is 0 Å². The molecule has 1 aliphatic heterocycles. The minimum Gasteiger partial charge on any atom is -0.269 e. The molecule has 0 bridgehead atoms. The van der Waals surface area contributed by atoms with Crippen LogP contribution in [0.4, 0.5) is 5.69 Å². The van der Waals surface area contributed by atoms with E-state index in [1.165, 1.54) is 19.1 Å². The van der Waals surface area contributed by atoms with Crippen molar-refractivity contribution in [2.75, 3.05) is 4.31 Å². The summed E-state index contributed by atoms with van der Waals surface area (Å²) in [6.07, 6.45) is 0. The fourth-order valence-corrected chi connectivity index (χ4v) is 4.06. The van der Waals surface area contributed by atoms with Crippen molar-refractivity contribution >= 4 is 33.5 Å². The normalized spacial score (nSPS) is 23.7. The third kappa shape index (κ3) is 2.20. The van der Waals surface area contributed by atoms with E-state index in [0.717, 1.165) is 0 Å². The average Bonchev–Trinajstić information content (AvgIpc) is 2.67. The molecule has 1 fully saturated rings. The fourth-order valence-electron chi connectivity index (χ4n) is 2.35. The van der Waals surface area contributed by atoms with E-state index in [0.29, 0.717) is 9.87 Å². The van der Waals surface area contributed by atoms with Crippen molar-refractivity contribution in [3.63, 3.8) is 0 Å². The molecule has 1 aliphatic rings. The van der Waals surface area contributed by atoms with Gasteiger partial charge in [-0.1, -0.05) is 54.1 Å². The summed E-state index contributed by atoms with van der Waals surface area (Å²) in [5.41, 5.74) is -1.08. The highest BCUT2D eigenvalue weighted by molar-refractivity contribution is 7.89. The van der Waals surface area contributed by atoms with E-state index in [1.54, 1.807) is 42.5 Å². The van der Waals surface area contributed by atoms with Gasteiger partial charge in [-0.25, -0.2) is 4.18 Å². The van der Waals surface area contributed by atoms with Crippen LogP contribution < -0.4 is 4.31 Å². The Labute approximate surface area is 133 Å². The molecule has 0 aromatic heterocycles. The number of carbonyl (C=O) groups is 1. The first-order valence-electron chi connectivity index (χ1n) is 6.47. The van der Waals surface area contributed by atoms with Crippen molar-refractivity contribution in [1.29, 1.82) is 0 Å². The predicted molar refractivity (Wildman–Crippen MR) is 82.7 cm³/mol. The molecular weight excluding hydrogens is 326 g/mol. The third-order valence-electron chi connectivity index (χ3n) is 3.48. The zero-order chi connectivity index (χ0) is 16.0. The van der Waals surface area contributed by atoms with Crippen molar-refractivity contribution in [3.05, 3.63) is 65.2 Å². The van der Waals surface area contributed by atoms with Gasteiger partial charge in [0.2, 0.25) is 0 Å². The number of hydrogen-bond acceptors (Lipinski definition) is 4. The number of rotatable bonds is 2. The second-order valence-corrected chi connectivity index (χ2v) is 6.76. The highest BCUT2D eigenvalue weighted by atomic mass is 35.5. The Balaban J connectivity index is 2.15. The largest absolute Gasteiger partial charge is 0.370 e. The van der Waals surface area contributed by atoms with Crippen LogP contribution in [0.2, 0.25) is 5.02 Å². The first-order chi connectivity index (χ1) is 10.4. The lowest BCUT2D eigenvalue weighted by molar-refractivity contribution is -0.128. The summed E-state index contributed by atoms with van der Waals surface area (Å²) < 4.78 is 30.4. The molecule has 0 N–H and O–H groups in total. The SMILES string of the molecule is CC1(c2ccccc2)OS(=O)(=O)N(c2ccccc2Cl)C1=O. The average molecular weight is 338 g/mol. The Morgan fingerprint density at radius 3 is 2.27 bits per heavy atom. The maximum atomic E-state index is 12.8. The number of benzene rings is 2. The molecule has 1 saturated heterocycles. The summed E-state index contributed by atoms with van der Waals surface area (Å²) >= 11 is 6.02. The number of carbonyl (C=O) groups excluding carboxylic acids is 1.